The highest BCUT2D eigenvalue weighted by Crippen LogP contribution is 2.53. The predicted octanol–water partition coefficient (Wildman–Crippen LogP) is 0.974. The molecule has 0 radical (unpaired) electrons. The van der Waals surface area contributed by atoms with Gasteiger partial charge in [0.15, 0.2) is 5.41 Å². The van der Waals surface area contributed by atoms with E-state index in [0.29, 0.717) is 10.6 Å². The molecule has 0 aliphatic carbocycles. The second kappa shape index (κ2) is 7.60. The Balaban J connectivity index is 2.30. The second-order valence-electron chi connectivity index (χ2n) is 6.78. The van der Waals surface area contributed by atoms with E-state index in [2.05, 4.69) is 6.07 Å². The molecule has 2 heterocycles. The van der Waals surface area contributed by atoms with Crippen LogP contribution in [0.3, 0.4) is 0 Å². The molecule has 4 atom stereocenters. The monoisotopic (exact) mass is 414 g/mol. The van der Waals surface area contributed by atoms with Crippen molar-refractivity contribution in [3.05, 3.63) is 58.8 Å². The van der Waals surface area contributed by atoms with Crippen molar-refractivity contribution >= 4 is 29.4 Å². The first-order chi connectivity index (χ1) is 13.8. The van der Waals surface area contributed by atoms with E-state index in [1.165, 1.54) is 23.3 Å². The van der Waals surface area contributed by atoms with Crippen molar-refractivity contribution in [2.75, 3.05) is 6.61 Å². The molecular weight excluding hydrogens is 396 g/mol. The average Bonchev–Trinajstić information content (AvgIpc) is 2.99. The molecule has 2 aliphatic rings. The first kappa shape index (κ1) is 20.4. The van der Waals surface area contributed by atoms with Gasteiger partial charge in [0.2, 0.25) is 11.8 Å². The zero-order chi connectivity index (χ0) is 21.3. The Morgan fingerprint density at radius 3 is 2.62 bits per heavy atom. The highest BCUT2D eigenvalue weighted by Gasteiger charge is 2.66. The number of benzene rings is 1. The SMILES string of the molecule is CCOC(=O)[C@@]1(C#N)[C@H](c2cccc(Cl)c2)[C@@H](C(N)=O)N2C=C(C(N)=O)C=C[C@H]21. The molecule has 2 aliphatic heterocycles. The molecule has 1 saturated heterocycles. The van der Waals surface area contributed by atoms with Gasteiger partial charge < -0.3 is 21.1 Å². The fraction of sp³-hybridized carbons (Fsp3) is 0.300. The van der Waals surface area contributed by atoms with Gasteiger partial charge >= 0.3 is 5.97 Å². The van der Waals surface area contributed by atoms with Crippen LogP contribution in [-0.2, 0) is 19.1 Å². The van der Waals surface area contributed by atoms with Gasteiger partial charge in [0, 0.05) is 17.1 Å². The largest absolute Gasteiger partial charge is 0.465 e. The summed E-state index contributed by atoms with van der Waals surface area (Å²) in [4.78, 5) is 38.7. The molecule has 1 aromatic carbocycles. The van der Waals surface area contributed by atoms with Crippen molar-refractivity contribution in [2.45, 2.75) is 24.9 Å². The zero-order valence-corrected chi connectivity index (χ0v) is 16.3. The smallest absolute Gasteiger partial charge is 0.329 e. The number of nitrogens with zero attached hydrogens (tertiary/aromatic N) is 2. The fourth-order valence-corrected chi connectivity index (χ4v) is 4.30. The number of nitrogens with two attached hydrogens (primary N) is 2. The Hall–Kier alpha value is -3.31. The van der Waals surface area contributed by atoms with Crippen LogP contribution in [0.15, 0.2) is 48.2 Å². The van der Waals surface area contributed by atoms with Gasteiger partial charge in [-0.05, 0) is 30.7 Å². The topological polar surface area (TPSA) is 140 Å². The molecule has 0 unspecified atom stereocenters. The van der Waals surface area contributed by atoms with E-state index >= 15 is 0 Å². The minimum atomic E-state index is -1.80. The van der Waals surface area contributed by atoms with Gasteiger partial charge in [-0.3, -0.25) is 14.4 Å². The van der Waals surface area contributed by atoms with Crippen molar-refractivity contribution in [2.24, 2.45) is 16.9 Å². The summed E-state index contributed by atoms with van der Waals surface area (Å²) in [7, 11) is 0. The van der Waals surface area contributed by atoms with Gasteiger partial charge in [0.1, 0.15) is 6.04 Å². The number of ether oxygens (including phenoxy) is 1. The lowest BCUT2D eigenvalue weighted by molar-refractivity contribution is -0.153. The number of hydrogen-bond donors (Lipinski definition) is 2. The molecule has 2 amide bonds. The lowest BCUT2D eigenvalue weighted by atomic mass is 9.68. The van der Waals surface area contributed by atoms with Crippen molar-refractivity contribution < 1.29 is 19.1 Å². The van der Waals surface area contributed by atoms with E-state index in [0.717, 1.165) is 0 Å². The van der Waals surface area contributed by atoms with Gasteiger partial charge in [0.25, 0.3) is 0 Å². The fourth-order valence-electron chi connectivity index (χ4n) is 4.11. The molecule has 150 valence electrons. The van der Waals surface area contributed by atoms with Crippen molar-refractivity contribution in [3.63, 3.8) is 0 Å². The highest BCUT2D eigenvalue weighted by atomic mass is 35.5. The number of rotatable bonds is 5. The number of halogens is 1. The Kier molecular flexibility index (Phi) is 5.36. The van der Waals surface area contributed by atoms with Crippen LogP contribution >= 0.6 is 11.6 Å². The third-order valence-corrected chi connectivity index (χ3v) is 5.48. The second-order valence-corrected chi connectivity index (χ2v) is 7.22. The molecule has 4 N–H and O–H groups in total. The lowest BCUT2D eigenvalue weighted by Crippen LogP contribution is -2.45. The first-order valence-corrected chi connectivity index (χ1v) is 9.26. The Morgan fingerprint density at radius 1 is 1.34 bits per heavy atom. The Bertz CT molecular complexity index is 983. The third-order valence-electron chi connectivity index (χ3n) is 5.24. The molecule has 8 nitrogen and oxygen atoms in total. The maximum atomic E-state index is 13.1. The lowest BCUT2D eigenvalue weighted by Gasteiger charge is -2.32. The summed E-state index contributed by atoms with van der Waals surface area (Å²) in [6.45, 7) is 1.67. The van der Waals surface area contributed by atoms with E-state index < -0.39 is 41.2 Å². The number of nitriles is 1. The maximum absolute atomic E-state index is 13.1. The number of esters is 1. The highest BCUT2D eigenvalue weighted by molar-refractivity contribution is 6.30. The molecule has 0 saturated carbocycles. The van der Waals surface area contributed by atoms with Crippen molar-refractivity contribution in [1.29, 1.82) is 5.26 Å². The minimum Gasteiger partial charge on any atom is -0.465 e. The van der Waals surface area contributed by atoms with Crippen molar-refractivity contribution in [3.8, 4) is 6.07 Å². The molecule has 1 aromatic rings. The van der Waals surface area contributed by atoms with Crippen LogP contribution in [0, 0.1) is 16.7 Å². The number of fused-ring (bicyclic) bond motifs is 1. The number of carbonyl (C=O) groups is 3. The number of carbonyl (C=O) groups excluding carboxylic acids is 3. The van der Waals surface area contributed by atoms with Crippen molar-refractivity contribution in [1.82, 2.24) is 4.90 Å². The van der Waals surface area contributed by atoms with E-state index in [4.69, 9.17) is 27.8 Å². The number of hydrogen-bond acceptors (Lipinski definition) is 6. The normalized spacial score (nSPS) is 27.6. The van der Waals surface area contributed by atoms with Gasteiger partial charge in [-0.15, -0.1) is 0 Å². The quantitative estimate of drug-likeness (QED) is 0.688. The van der Waals surface area contributed by atoms with Gasteiger partial charge in [-0.1, -0.05) is 29.8 Å². The molecule has 0 aromatic heterocycles. The van der Waals surface area contributed by atoms with Gasteiger partial charge in [-0.25, -0.2) is 0 Å². The van der Waals surface area contributed by atoms with Gasteiger partial charge in [0.05, 0.1) is 24.3 Å². The van der Waals surface area contributed by atoms with Crippen LogP contribution in [0.5, 0.6) is 0 Å². The summed E-state index contributed by atoms with van der Waals surface area (Å²) in [6, 6.07) is 6.62. The molecular formula is C20H19ClN4O4. The Morgan fingerprint density at radius 2 is 2.07 bits per heavy atom. The van der Waals surface area contributed by atoms with E-state index in [-0.39, 0.29) is 12.2 Å². The molecule has 3 rings (SSSR count). The van der Waals surface area contributed by atoms with E-state index in [1.807, 2.05) is 0 Å². The zero-order valence-electron chi connectivity index (χ0n) is 15.5. The van der Waals surface area contributed by atoms with Gasteiger partial charge in [-0.2, -0.15) is 5.26 Å². The summed E-state index contributed by atoms with van der Waals surface area (Å²) in [6.07, 6.45) is 4.28. The van der Waals surface area contributed by atoms with Crippen LogP contribution in [0.4, 0.5) is 0 Å². The van der Waals surface area contributed by atoms with Crippen LogP contribution in [-0.4, -0.2) is 41.4 Å². The van der Waals surface area contributed by atoms with E-state index in [9.17, 15) is 19.6 Å². The standard InChI is InChI=1S/C20H19ClN4O4/c1-2-29-19(28)20(10-22)14-7-6-12(17(23)26)9-25(14)16(18(24)27)15(20)11-4-3-5-13(21)8-11/h3-9,14-16H,2H2,1H3,(H2,23,26)(H2,24,27)/t14-,15+,16-,20+/m0/s1. The first-order valence-electron chi connectivity index (χ1n) is 8.88. The number of amides is 2. The average molecular weight is 415 g/mol. The summed E-state index contributed by atoms with van der Waals surface area (Å²) < 4.78 is 5.23. The summed E-state index contributed by atoms with van der Waals surface area (Å²) >= 11 is 6.13. The minimum absolute atomic E-state index is 0.0462. The van der Waals surface area contributed by atoms with Crippen LogP contribution in [0.25, 0.3) is 0 Å². The van der Waals surface area contributed by atoms with E-state index in [1.54, 1.807) is 31.2 Å². The summed E-state index contributed by atoms with van der Waals surface area (Å²) in [5.41, 5.74) is 9.87. The third kappa shape index (κ3) is 3.13. The van der Waals surface area contributed by atoms with Crippen LogP contribution < -0.4 is 11.5 Å². The summed E-state index contributed by atoms with van der Waals surface area (Å²) in [5.74, 6) is -3.25. The molecule has 0 spiro atoms. The Labute approximate surface area is 172 Å². The number of primary amides is 2. The molecule has 29 heavy (non-hydrogen) atoms. The summed E-state index contributed by atoms with van der Waals surface area (Å²) in [5, 5.41) is 10.6. The van der Waals surface area contributed by atoms with Crippen LogP contribution in [0.2, 0.25) is 5.02 Å². The maximum Gasteiger partial charge on any atom is 0.329 e. The molecule has 9 heteroatoms. The van der Waals surface area contributed by atoms with Crippen LogP contribution in [0.1, 0.15) is 18.4 Å². The predicted molar refractivity (Wildman–Crippen MR) is 104 cm³/mol. The molecule has 1 fully saturated rings. The molecule has 0 bridgehead atoms.